The van der Waals surface area contributed by atoms with Crippen LogP contribution in [0.3, 0.4) is 0 Å². The summed E-state index contributed by atoms with van der Waals surface area (Å²) in [5, 5.41) is 0. The summed E-state index contributed by atoms with van der Waals surface area (Å²) in [7, 11) is 1.68. The van der Waals surface area contributed by atoms with Crippen molar-refractivity contribution in [3.05, 3.63) is 35.4 Å². The second kappa shape index (κ2) is 7.13. The third-order valence-corrected chi connectivity index (χ3v) is 3.07. The lowest BCUT2D eigenvalue weighted by Crippen LogP contribution is -2.08. The van der Waals surface area contributed by atoms with Gasteiger partial charge < -0.3 is 9.47 Å². The summed E-state index contributed by atoms with van der Waals surface area (Å²) in [5.74, 6) is 1.86. The zero-order valence-corrected chi connectivity index (χ0v) is 13.2. The predicted molar refractivity (Wildman–Crippen MR) is 81.4 cm³/mol. The molecule has 0 fully saturated rings. The number of hydrogen-bond donors (Lipinski definition) is 0. The van der Waals surface area contributed by atoms with Crippen LogP contribution >= 0.6 is 0 Å². The van der Waals surface area contributed by atoms with E-state index in [1.54, 1.807) is 13.2 Å². The Morgan fingerprint density at radius 1 is 1.10 bits per heavy atom. The molecule has 1 rings (SSSR count). The van der Waals surface area contributed by atoms with Crippen molar-refractivity contribution in [2.45, 2.75) is 34.6 Å². The molecule has 0 heterocycles. The summed E-state index contributed by atoms with van der Waals surface area (Å²) in [6.07, 6.45) is 0. The molecule has 0 unspecified atom stereocenters. The molecular weight excluding hydrogens is 252 g/mol. The molecule has 3 nitrogen and oxygen atoms in total. The molecule has 3 heteroatoms. The number of esters is 1. The summed E-state index contributed by atoms with van der Waals surface area (Å²) in [5.41, 5.74) is 2.19. The highest BCUT2D eigenvalue weighted by molar-refractivity contribution is 5.71. The number of hydrogen-bond acceptors (Lipinski definition) is 3. The minimum atomic E-state index is -0.321. The Hall–Kier alpha value is -1.77. The number of carbonyl (C=O) groups excluding carboxylic acids is 1. The van der Waals surface area contributed by atoms with E-state index in [1.165, 1.54) is 12.5 Å². The van der Waals surface area contributed by atoms with E-state index in [-0.39, 0.29) is 5.97 Å². The molecule has 0 N–H and O–H groups in total. The van der Waals surface area contributed by atoms with Crippen LogP contribution in [0.2, 0.25) is 0 Å². The predicted octanol–water partition coefficient (Wildman–Crippen LogP) is 4.28. The van der Waals surface area contributed by atoms with E-state index in [0.29, 0.717) is 17.6 Å². The molecule has 110 valence electrons. The summed E-state index contributed by atoms with van der Waals surface area (Å²) in [4.78, 5) is 11.0. The number of benzene rings is 1. The van der Waals surface area contributed by atoms with Gasteiger partial charge in [-0.25, -0.2) is 0 Å². The molecule has 20 heavy (non-hydrogen) atoms. The van der Waals surface area contributed by atoms with Gasteiger partial charge in [-0.1, -0.05) is 39.8 Å². The van der Waals surface area contributed by atoms with Crippen molar-refractivity contribution < 1.29 is 14.3 Å². The molecule has 0 aliphatic carbocycles. The molecule has 0 bridgehead atoms. The van der Waals surface area contributed by atoms with Gasteiger partial charge in [0.15, 0.2) is 0 Å². The molecule has 1 aromatic rings. The molecule has 0 saturated heterocycles. The first-order valence-electron chi connectivity index (χ1n) is 6.93. The fraction of sp³-hybridized carbons (Fsp3) is 0.471. The van der Waals surface area contributed by atoms with Gasteiger partial charge in [-0.15, -0.1) is 0 Å². The summed E-state index contributed by atoms with van der Waals surface area (Å²) in [6.45, 7) is 10.0. The first kappa shape index (κ1) is 16.3. The zero-order chi connectivity index (χ0) is 15.3. The van der Waals surface area contributed by atoms with Gasteiger partial charge in [-0.05, 0) is 29.5 Å². The summed E-state index contributed by atoms with van der Waals surface area (Å²) < 4.78 is 10.8. The van der Waals surface area contributed by atoms with Crippen LogP contribution in [0.1, 0.15) is 40.2 Å². The molecule has 0 atom stereocenters. The second-order valence-corrected chi connectivity index (χ2v) is 5.42. The standard InChI is InChI=1S/C17H24O3/c1-11(2)16(12(3)4)17(19-6)14-8-7-9-15(10-14)20-13(5)18/h7-12H,1-6H3. The highest BCUT2D eigenvalue weighted by atomic mass is 16.5. The van der Waals surface area contributed by atoms with Crippen LogP contribution in [0.5, 0.6) is 5.75 Å². The third kappa shape index (κ3) is 4.12. The van der Waals surface area contributed by atoms with E-state index in [9.17, 15) is 4.79 Å². The number of methoxy groups -OCH3 is 1. The van der Waals surface area contributed by atoms with Crippen molar-refractivity contribution in [1.82, 2.24) is 0 Å². The van der Waals surface area contributed by atoms with Crippen molar-refractivity contribution in [1.29, 1.82) is 0 Å². The zero-order valence-electron chi connectivity index (χ0n) is 13.2. The van der Waals surface area contributed by atoms with Crippen LogP contribution in [-0.2, 0) is 9.53 Å². The molecule has 0 aliphatic rings. The van der Waals surface area contributed by atoms with Gasteiger partial charge in [0.1, 0.15) is 11.5 Å². The molecule has 0 radical (unpaired) electrons. The van der Waals surface area contributed by atoms with Crippen molar-refractivity contribution in [2.75, 3.05) is 7.11 Å². The van der Waals surface area contributed by atoms with Gasteiger partial charge in [0.05, 0.1) is 7.11 Å². The highest BCUT2D eigenvalue weighted by Crippen LogP contribution is 2.31. The molecule has 0 aromatic heterocycles. The van der Waals surface area contributed by atoms with Crippen molar-refractivity contribution in [3.63, 3.8) is 0 Å². The summed E-state index contributed by atoms with van der Waals surface area (Å²) in [6, 6.07) is 7.44. The lowest BCUT2D eigenvalue weighted by atomic mass is 9.89. The smallest absolute Gasteiger partial charge is 0.308 e. The van der Waals surface area contributed by atoms with E-state index in [1.807, 2.05) is 18.2 Å². The van der Waals surface area contributed by atoms with Gasteiger partial charge in [-0.3, -0.25) is 4.79 Å². The molecule has 0 spiro atoms. The number of rotatable bonds is 5. The van der Waals surface area contributed by atoms with Gasteiger partial charge >= 0.3 is 5.97 Å². The summed E-state index contributed by atoms with van der Waals surface area (Å²) >= 11 is 0. The van der Waals surface area contributed by atoms with E-state index in [4.69, 9.17) is 9.47 Å². The maximum Gasteiger partial charge on any atom is 0.308 e. The highest BCUT2D eigenvalue weighted by Gasteiger charge is 2.17. The van der Waals surface area contributed by atoms with Gasteiger partial charge in [0.2, 0.25) is 0 Å². The molecule has 0 saturated carbocycles. The fourth-order valence-corrected chi connectivity index (χ4v) is 2.46. The Kier molecular flexibility index (Phi) is 5.81. The molecule has 0 amide bonds. The average molecular weight is 276 g/mol. The van der Waals surface area contributed by atoms with E-state index < -0.39 is 0 Å². The van der Waals surface area contributed by atoms with E-state index in [2.05, 4.69) is 27.7 Å². The maximum atomic E-state index is 11.0. The van der Waals surface area contributed by atoms with Crippen LogP contribution in [0, 0.1) is 11.8 Å². The van der Waals surface area contributed by atoms with E-state index >= 15 is 0 Å². The molecule has 1 aromatic carbocycles. The minimum Gasteiger partial charge on any atom is -0.496 e. The van der Waals surface area contributed by atoms with E-state index in [0.717, 1.165) is 11.3 Å². The van der Waals surface area contributed by atoms with Gasteiger partial charge in [0.25, 0.3) is 0 Å². The Morgan fingerprint density at radius 3 is 2.15 bits per heavy atom. The maximum absolute atomic E-state index is 11.0. The lowest BCUT2D eigenvalue weighted by Gasteiger charge is -2.21. The normalized spacial score (nSPS) is 10.6. The monoisotopic (exact) mass is 276 g/mol. The quantitative estimate of drug-likeness (QED) is 0.457. The number of ether oxygens (including phenoxy) is 2. The Balaban J connectivity index is 3.30. The second-order valence-electron chi connectivity index (χ2n) is 5.42. The Labute approximate surface area is 121 Å². The SMILES string of the molecule is COC(=C(C(C)C)C(C)C)c1cccc(OC(C)=O)c1. The van der Waals surface area contributed by atoms with Crippen LogP contribution < -0.4 is 4.74 Å². The van der Waals surface area contributed by atoms with Crippen LogP contribution in [-0.4, -0.2) is 13.1 Å². The van der Waals surface area contributed by atoms with Crippen LogP contribution in [0.25, 0.3) is 5.76 Å². The fourth-order valence-electron chi connectivity index (χ4n) is 2.46. The largest absolute Gasteiger partial charge is 0.496 e. The van der Waals surface area contributed by atoms with Crippen molar-refractivity contribution in [3.8, 4) is 5.75 Å². The third-order valence-electron chi connectivity index (χ3n) is 3.07. The van der Waals surface area contributed by atoms with Crippen LogP contribution in [0.15, 0.2) is 29.8 Å². The Morgan fingerprint density at radius 2 is 1.70 bits per heavy atom. The Bertz CT molecular complexity index is 489. The van der Waals surface area contributed by atoms with Crippen molar-refractivity contribution in [2.24, 2.45) is 11.8 Å². The lowest BCUT2D eigenvalue weighted by molar-refractivity contribution is -0.131. The average Bonchev–Trinajstić information content (AvgIpc) is 2.34. The first-order valence-corrected chi connectivity index (χ1v) is 6.93. The number of carbonyl (C=O) groups is 1. The molecule has 0 aliphatic heterocycles. The number of allylic oxidation sites excluding steroid dienone is 1. The first-order chi connectivity index (χ1) is 9.36. The minimum absolute atomic E-state index is 0.321. The van der Waals surface area contributed by atoms with Crippen LogP contribution in [0.4, 0.5) is 0 Å². The van der Waals surface area contributed by atoms with Crippen molar-refractivity contribution >= 4 is 11.7 Å². The van der Waals surface area contributed by atoms with Gasteiger partial charge in [0, 0.05) is 12.5 Å². The topological polar surface area (TPSA) is 35.5 Å². The van der Waals surface area contributed by atoms with Gasteiger partial charge in [-0.2, -0.15) is 0 Å². The molecular formula is C17H24O3.